The standard InChI is InChI=1S/C20H20N2O3/c1-3-14-4-6-15(7-5-14)19-12-18(25-22-19)13-21-20(23)16-8-10-17(24-2)11-9-16/h4-12H,3,13H2,1-2H3,(H,21,23). The van der Waals surface area contributed by atoms with Gasteiger partial charge < -0.3 is 14.6 Å². The maximum absolute atomic E-state index is 12.2. The largest absolute Gasteiger partial charge is 0.497 e. The van der Waals surface area contributed by atoms with E-state index in [0.29, 0.717) is 17.1 Å². The summed E-state index contributed by atoms with van der Waals surface area (Å²) in [4.78, 5) is 12.2. The minimum absolute atomic E-state index is 0.173. The number of benzene rings is 2. The van der Waals surface area contributed by atoms with Crippen molar-refractivity contribution in [1.29, 1.82) is 0 Å². The van der Waals surface area contributed by atoms with E-state index in [1.54, 1.807) is 31.4 Å². The maximum atomic E-state index is 12.2. The smallest absolute Gasteiger partial charge is 0.251 e. The van der Waals surface area contributed by atoms with E-state index >= 15 is 0 Å². The highest BCUT2D eigenvalue weighted by Crippen LogP contribution is 2.20. The number of amides is 1. The number of aromatic nitrogens is 1. The Hall–Kier alpha value is -3.08. The molecule has 0 aliphatic rings. The van der Waals surface area contributed by atoms with Crippen LogP contribution < -0.4 is 10.1 Å². The molecule has 0 unspecified atom stereocenters. The molecule has 5 nitrogen and oxygen atoms in total. The quantitative estimate of drug-likeness (QED) is 0.743. The molecular weight excluding hydrogens is 316 g/mol. The molecular formula is C20H20N2O3. The normalized spacial score (nSPS) is 10.5. The van der Waals surface area contributed by atoms with Crippen molar-refractivity contribution in [2.45, 2.75) is 19.9 Å². The van der Waals surface area contributed by atoms with E-state index in [2.05, 4.69) is 29.5 Å². The molecule has 25 heavy (non-hydrogen) atoms. The van der Waals surface area contributed by atoms with Crippen molar-refractivity contribution < 1.29 is 14.1 Å². The third-order valence-corrected chi connectivity index (χ3v) is 3.99. The highest BCUT2D eigenvalue weighted by Gasteiger charge is 2.10. The van der Waals surface area contributed by atoms with Crippen LogP contribution in [-0.2, 0) is 13.0 Å². The molecule has 0 atom stereocenters. The molecule has 1 N–H and O–H groups in total. The second-order valence-corrected chi connectivity index (χ2v) is 5.64. The van der Waals surface area contributed by atoms with E-state index in [1.165, 1.54) is 5.56 Å². The first kappa shape index (κ1) is 16.8. The predicted molar refractivity (Wildman–Crippen MR) is 95.5 cm³/mol. The molecule has 5 heteroatoms. The summed E-state index contributed by atoms with van der Waals surface area (Å²) < 4.78 is 10.4. The third kappa shape index (κ3) is 4.07. The Morgan fingerprint density at radius 2 is 1.84 bits per heavy atom. The summed E-state index contributed by atoms with van der Waals surface area (Å²) in [7, 11) is 1.59. The van der Waals surface area contributed by atoms with Crippen molar-refractivity contribution in [3.63, 3.8) is 0 Å². The lowest BCUT2D eigenvalue weighted by molar-refractivity contribution is 0.0947. The summed E-state index contributed by atoms with van der Waals surface area (Å²) in [5.74, 6) is 1.15. The van der Waals surface area contributed by atoms with Gasteiger partial charge in [0.1, 0.15) is 11.4 Å². The van der Waals surface area contributed by atoms with E-state index in [4.69, 9.17) is 9.26 Å². The Morgan fingerprint density at radius 3 is 2.48 bits per heavy atom. The van der Waals surface area contributed by atoms with Crippen LogP contribution in [0.25, 0.3) is 11.3 Å². The van der Waals surface area contributed by atoms with Gasteiger partial charge in [-0.3, -0.25) is 4.79 Å². The van der Waals surface area contributed by atoms with Crippen LogP contribution in [0.5, 0.6) is 5.75 Å². The Labute approximate surface area is 146 Å². The monoisotopic (exact) mass is 336 g/mol. The molecule has 0 radical (unpaired) electrons. The van der Waals surface area contributed by atoms with Crippen molar-refractivity contribution in [3.05, 3.63) is 71.5 Å². The molecule has 2 aromatic carbocycles. The topological polar surface area (TPSA) is 64.4 Å². The van der Waals surface area contributed by atoms with Crippen LogP contribution in [0.1, 0.15) is 28.6 Å². The first-order valence-corrected chi connectivity index (χ1v) is 8.16. The number of hydrogen-bond acceptors (Lipinski definition) is 4. The van der Waals surface area contributed by atoms with Gasteiger partial charge in [0.05, 0.1) is 13.7 Å². The minimum Gasteiger partial charge on any atom is -0.497 e. The Bertz CT molecular complexity index is 836. The molecule has 0 spiro atoms. The van der Waals surface area contributed by atoms with Crippen LogP contribution in [0.4, 0.5) is 0 Å². The average Bonchev–Trinajstić information content (AvgIpc) is 3.15. The average molecular weight is 336 g/mol. The molecule has 0 saturated carbocycles. The van der Waals surface area contributed by atoms with Gasteiger partial charge in [0.15, 0.2) is 5.76 Å². The number of rotatable bonds is 6. The molecule has 0 aliphatic heterocycles. The maximum Gasteiger partial charge on any atom is 0.251 e. The molecule has 0 fully saturated rings. The number of methoxy groups -OCH3 is 1. The zero-order chi connectivity index (χ0) is 17.6. The van der Waals surface area contributed by atoms with Gasteiger partial charge in [0.25, 0.3) is 5.91 Å². The third-order valence-electron chi connectivity index (χ3n) is 3.99. The summed E-state index contributed by atoms with van der Waals surface area (Å²) in [6.07, 6.45) is 1.00. The number of nitrogens with zero attached hydrogens (tertiary/aromatic N) is 1. The number of ether oxygens (including phenoxy) is 1. The fourth-order valence-electron chi connectivity index (χ4n) is 2.46. The SMILES string of the molecule is CCc1ccc(-c2cc(CNC(=O)c3ccc(OC)cc3)on2)cc1. The number of aryl methyl sites for hydroxylation is 1. The fraction of sp³-hybridized carbons (Fsp3) is 0.200. The van der Waals surface area contributed by atoms with Crippen molar-refractivity contribution in [2.24, 2.45) is 0 Å². The first-order chi connectivity index (χ1) is 12.2. The Morgan fingerprint density at radius 1 is 1.12 bits per heavy atom. The van der Waals surface area contributed by atoms with Crippen molar-refractivity contribution in [3.8, 4) is 17.0 Å². The van der Waals surface area contributed by atoms with Gasteiger partial charge in [-0.2, -0.15) is 0 Å². The molecule has 3 aromatic rings. The van der Waals surface area contributed by atoms with Crippen LogP contribution in [0, 0.1) is 0 Å². The second kappa shape index (κ2) is 7.66. The molecule has 3 rings (SSSR count). The van der Waals surface area contributed by atoms with Crippen LogP contribution in [-0.4, -0.2) is 18.2 Å². The molecule has 1 heterocycles. The number of carbonyl (C=O) groups excluding carboxylic acids is 1. The summed E-state index contributed by atoms with van der Waals surface area (Å²) in [6, 6.07) is 17.0. The van der Waals surface area contributed by atoms with Crippen LogP contribution >= 0.6 is 0 Å². The lowest BCUT2D eigenvalue weighted by Crippen LogP contribution is -2.22. The summed E-state index contributed by atoms with van der Waals surface area (Å²) >= 11 is 0. The second-order valence-electron chi connectivity index (χ2n) is 5.64. The van der Waals surface area contributed by atoms with Gasteiger partial charge >= 0.3 is 0 Å². The van der Waals surface area contributed by atoms with Crippen LogP contribution in [0.3, 0.4) is 0 Å². The minimum atomic E-state index is -0.173. The van der Waals surface area contributed by atoms with Crippen LogP contribution in [0.2, 0.25) is 0 Å². The highest BCUT2D eigenvalue weighted by molar-refractivity contribution is 5.94. The first-order valence-electron chi connectivity index (χ1n) is 8.16. The van der Waals surface area contributed by atoms with Gasteiger partial charge in [-0.1, -0.05) is 36.3 Å². The van der Waals surface area contributed by atoms with Gasteiger partial charge in [-0.25, -0.2) is 0 Å². The van der Waals surface area contributed by atoms with Gasteiger partial charge in [0.2, 0.25) is 0 Å². The predicted octanol–water partition coefficient (Wildman–Crippen LogP) is 3.84. The Balaban J connectivity index is 1.61. The number of hydrogen-bond donors (Lipinski definition) is 1. The van der Waals surface area contributed by atoms with E-state index in [-0.39, 0.29) is 12.5 Å². The van der Waals surface area contributed by atoms with Crippen molar-refractivity contribution in [1.82, 2.24) is 10.5 Å². The van der Waals surface area contributed by atoms with Crippen LogP contribution in [0.15, 0.2) is 59.1 Å². The van der Waals surface area contributed by atoms with Crippen molar-refractivity contribution >= 4 is 5.91 Å². The van der Waals surface area contributed by atoms with E-state index in [0.717, 1.165) is 17.7 Å². The molecule has 0 aliphatic carbocycles. The molecule has 1 amide bonds. The summed E-state index contributed by atoms with van der Waals surface area (Å²) in [5.41, 5.74) is 3.60. The van der Waals surface area contributed by atoms with Gasteiger partial charge in [0, 0.05) is 17.2 Å². The fourth-order valence-corrected chi connectivity index (χ4v) is 2.46. The number of carbonyl (C=O) groups is 1. The Kier molecular flexibility index (Phi) is 5.14. The zero-order valence-corrected chi connectivity index (χ0v) is 14.3. The molecule has 1 aromatic heterocycles. The molecule has 128 valence electrons. The number of nitrogens with one attached hydrogen (secondary N) is 1. The van der Waals surface area contributed by atoms with Crippen molar-refractivity contribution in [2.75, 3.05) is 7.11 Å². The highest BCUT2D eigenvalue weighted by atomic mass is 16.5. The lowest BCUT2D eigenvalue weighted by Gasteiger charge is -2.04. The lowest BCUT2D eigenvalue weighted by atomic mass is 10.1. The summed E-state index contributed by atoms with van der Waals surface area (Å²) in [6.45, 7) is 2.40. The van der Waals surface area contributed by atoms with Gasteiger partial charge in [-0.05, 0) is 36.2 Å². The van der Waals surface area contributed by atoms with Gasteiger partial charge in [-0.15, -0.1) is 0 Å². The zero-order valence-electron chi connectivity index (χ0n) is 14.3. The summed E-state index contributed by atoms with van der Waals surface area (Å²) in [5, 5.41) is 6.89. The van der Waals surface area contributed by atoms with E-state index in [1.807, 2.05) is 18.2 Å². The van der Waals surface area contributed by atoms with E-state index in [9.17, 15) is 4.79 Å². The molecule has 0 saturated heterocycles. The van der Waals surface area contributed by atoms with E-state index < -0.39 is 0 Å². The molecule has 0 bridgehead atoms.